The molecule has 2 heteroatoms. The van der Waals surface area contributed by atoms with Gasteiger partial charge in [0.05, 0.1) is 0 Å². The first-order valence-electron chi connectivity index (χ1n) is 6.10. The summed E-state index contributed by atoms with van der Waals surface area (Å²) in [6, 6.07) is 8.95. The molecule has 1 aromatic carbocycles. The summed E-state index contributed by atoms with van der Waals surface area (Å²) in [4.78, 5) is 0. The van der Waals surface area contributed by atoms with Crippen molar-refractivity contribution in [1.29, 1.82) is 0 Å². The van der Waals surface area contributed by atoms with Crippen molar-refractivity contribution in [3.63, 3.8) is 0 Å². The largest absolute Gasteiger partial charge is 0.154 e. The lowest BCUT2D eigenvalue weighted by Crippen LogP contribution is -2.15. The summed E-state index contributed by atoms with van der Waals surface area (Å²) in [7, 11) is 0. The maximum absolute atomic E-state index is 2.40. The fourth-order valence-electron chi connectivity index (χ4n) is 2.32. The van der Waals surface area contributed by atoms with Crippen molar-refractivity contribution in [2.24, 2.45) is 5.92 Å². The van der Waals surface area contributed by atoms with E-state index >= 15 is 0 Å². The minimum atomic E-state index is 0.906. The van der Waals surface area contributed by atoms with Crippen LogP contribution in [0.1, 0.15) is 38.2 Å². The molecule has 0 aliphatic heterocycles. The van der Waals surface area contributed by atoms with Gasteiger partial charge in [0, 0.05) is 14.6 Å². The van der Waals surface area contributed by atoms with Gasteiger partial charge < -0.3 is 0 Å². The molecule has 88 valence electrons. The van der Waals surface area contributed by atoms with Gasteiger partial charge in [-0.3, -0.25) is 0 Å². The van der Waals surface area contributed by atoms with Crippen molar-refractivity contribution in [2.75, 3.05) is 0 Å². The van der Waals surface area contributed by atoms with Crippen LogP contribution in [0.3, 0.4) is 0 Å². The maximum atomic E-state index is 2.40. The Morgan fingerprint density at radius 3 is 2.69 bits per heavy atom. The Balaban J connectivity index is 1.80. The molecule has 2 atom stereocenters. The summed E-state index contributed by atoms with van der Waals surface area (Å²) in [6.45, 7) is 2.40. The zero-order valence-corrected chi connectivity index (χ0v) is 12.8. The molecule has 0 N–H and O–H groups in total. The van der Waals surface area contributed by atoms with E-state index in [1.807, 2.05) is 0 Å². The second kappa shape index (κ2) is 6.29. The molecule has 0 aromatic heterocycles. The van der Waals surface area contributed by atoms with Gasteiger partial charge in [-0.05, 0) is 59.0 Å². The van der Waals surface area contributed by atoms with E-state index in [1.54, 1.807) is 0 Å². The van der Waals surface area contributed by atoms with Gasteiger partial charge in [0.2, 0.25) is 0 Å². The molecule has 1 aliphatic carbocycles. The lowest BCUT2D eigenvalue weighted by atomic mass is 9.91. The van der Waals surface area contributed by atoms with Crippen LogP contribution in [0.4, 0.5) is 0 Å². The minimum absolute atomic E-state index is 0.906. The summed E-state index contributed by atoms with van der Waals surface area (Å²) in [6.07, 6.45) is 5.74. The van der Waals surface area contributed by atoms with Crippen LogP contribution in [-0.4, -0.2) is 5.25 Å². The quantitative estimate of drug-likeness (QED) is 0.686. The Kier molecular flexibility index (Phi) is 5.01. The van der Waals surface area contributed by atoms with Crippen molar-refractivity contribution < 1.29 is 0 Å². The van der Waals surface area contributed by atoms with E-state index in [-0.39, 0.29) is 0 Å². The van der Waals surface area contributed by atoms with E-state index in [9.17, 15) is 0 Å². The number of halogens is 1. The maximum Gasteiger partial charge on any atom is 0.0187 e. The fraction of sp³-hybridized carbons (Fsp3) is 0.571. The lowest BCUT2D eigenvalue weighted by molar-refractivity contribution is 0.394. The molecule has 0 saturated heterocycles. The van der Waals surface area contributed by atoms with Crippen LogP contribution in [0.25, 0.3) is 0 Å². The normalized spacial score (nSPS) is 25.6. The molecule has 0 heterocycles. The average molecular weight is 346 g/mol. The fourth-order valence-corrected chi connectivity index (χ4v) is 4.10. The average Bonchev–Trinajstić information content (AvgIpc) is 2.28. The molecule has 16 heavy (non-hydrogen) atoms. The second-order valence-corrected chi connectivity index (χ2v) is 7.37. The van der Waals surface area contributed by atoms with E-state index in [0.717, 1.165) is 11.2 Å². The van der Waals surface area contributed by atoms with Crippen LogP contribution in [0.15, 0.2) is 24.3 Å². The van der Waals surface area contributed by atoms with Crippen molar-refractivity contribution in [3.8, 4) is 0 Å². The summed E-state index contributed by atoms with van der Waals surface area (Å²) >= 11 is 4.52. The van der Waals surface area contributed by atoms with Crippen molar-refractivity contribution in [3.05, 3.63) is 33.4 Å². The highest BCUT2D eigenvalue weighted by Crippen LogP contribution is 2.33. The van der Waals surface area contributed by atoms with Gasteiger partial charge in [0.25, 0.3) is 0 Å². The summed E-state index contributed by atoms with van der Waals surface area (Å²) < 4.78 is 1.33. The zero-order chi connectivity index (χ0) is 11.4. The van der Waals surface area contributed by atoms with Gasteiger partial charge in [-0.25, -0.2) is 0 Å². The molecule has 0 radical (unpaired) electrons. The van der Waals surface area contributed by atoms with Gasteiger partial charge in [-0.1, -0.05) is 31.9 Å². The minimum Gasteiger partial charge on any atom is -0.154 e. The van der Waals surface area contributed by atoms with Crippen LogP contribution in [0, 0.1) is 9.49 Å². The molecule has 2 unspecified atom stereocenters. The van der Waals surface area contributed by atoms with E-state index in [2.05, 4.69) is 65.5 Å². The predicted octanol–water partition coefficient (Wildman–Crippen LogP) is 5.10. The lowest BCUT2D eigenvalue weighted by Gasteiger charge is -2.26. The van der Waals surface area contributed by atoms with Gasteiger partial charge >= 0.3 is 0 Å². The monoisotopic (exact) mass is 346 g/mol. The number of thioether (sulfide) groups is 1. The van der Waals surface area contributed by atoms with Gasteiger partial charge in [-0.15, -0.1) is 0 Å². The predicted molar refractivity (Wildman–Crippen MR) is 81.9 cm³/mol. The third-order valence-corrected chi connectivity index (χ3v) is 5.41. The van der Waals surface area contributed by atoms with E-state index < -0.39 is 0 Å². The third kappa shape index (κ3) is 3.95. The first kappa shape index (κ1) is 12.7. The van der Waals surface area contributed by atoms with Crippen molar-refractivity contribution >= 4 is 34.4 Å². The van der Waals surface area contributed by atoms with Crippen LogP contribution in [0.2, 0.25) is 0 Å². The molecule has 2 rings (SSSR count). The number of rotatable bonds is 3. The topological polar surface area (TPSA) is 0 Å². The molecule has 1 aliphatic rings. The van der Waals surface area contributed by atoms with Crippen molar-refractivity contribution in [2.45, 2.75) is 43.6 Å². The highest BCUT2D eigenvalue weighted by Gasteiger charge is 2.18. The SMILES string of the molecule is CC1CCCC(SCc2ccc(I)cc2)C1. The van der Waals surface area contributed by atoms with Crippen LogP contribution in [-0.2, 0) is 5.75 Å². The molecule has 1 fully saturated rings. The first-order valence-corrected chi connectivity index (χ1v) is 8.23. The summed E-state index contributed by atoms with van der Waals surface area (Å²) in [5.74, 6) is 2.14. The molecule has 0 amide bonds. The Hall–Kier alpha value is 0.300. The summed E-state index contributed by atoms with van der Waals surface area (Å²) in [5, 5.41) is 0.906. The smallest absolute Gasteiger partial charge is 0.0187 e. The Morgan fingerprint density at radius 1 is 1.25 bits per heavy atom. The molecule has 1 aromatic rings. The highest BCUT2D eigenvalue weighted by atomic mass is 127. The zero-order valence-electron chi connectivity index (χ0n) is 9.79. The molecule has 1 saturated carbocycles. The molecule has 0 spiro atoms. The number of benzene rings is 1. The highest BCUT2D eigenvalue weighted by molar-refractivity contribution is 14.1. The Morgan fingerprint density at radius 2 is 2.00 bits per heavy atom. The number of hydrogen-bond acceptors (Lipinski definition) is 1. The Bertz CT molecular complexity index is 320. The Labute approximate surface area is 117 Å². The van der Waals surface area contributed by atoms with E-state index in [0.29, 0.717) is 0 Å². The van der Waals surface area contributed by atoms with E-state index in [1.165, 1.54) is 40.6 Å². The number of hydrogen-bond donors (Lipinski definition) is 0. The van der Waals surface area contributed by atoms with Gasteiger partial charge in [0.15, 0.2) is 0 Å². The molecular formula is C14H19IS. The third-order valence-electron chi connectivity index (χ3n) is 3.29. The second-order valence-electron chi connectivity index (χ2n) is 4.83. The van der Waals surface area contributed by atoms with Crippen LogP contribution in [0.5, 0.6) is 0 Å². The van der Waals surface area contributed by atoms with Crippen molar-refractivity contribution in [1.82, 2.24) is 0 Å². The molecular weight excluding hydrogens is 327 g/mol. The molecule has 0 nitrogen and oxygen atoms in total. The summed E-state index contributed by atoms with van der Waals surface area (Å²) in [5.41, 5.74) is 1.48. The first-order chi connectivity index (χ1) is 7.74. The van der Waals surface area contributed by atoms with Gasteiger partial charge in [-0.2, -0.15) is 11.8 Å². The molecule has 0 bridgehead atoms. The standard InChI is InChI=1S/C14H19IS/c1-11-3-2-4-14(9-11)16-10-12-5-7-13(15)8-6-12/h5-8,11,14H,2-4,9-10H2,1H3. The van der Waals surface area contributed by atoms with Crippen LogP contribution < -0.4 is 0 Å². The van der Waals surface area contributed by atoms with E-state index in [4.69, 9.17) is 0 Å². The van der Waals surface area contributed by atoms with Crippen LogP contribution >= 0.6 is 34.4 Å². The van der Waals surface area contributed by atoms with Gasteiger partial charge in [0.1, 0.15) is 0 Å².